The molecule has 0 bridgehead atoms. The maximum atomic E-state index is 10.5. The van der Waals surface area contributed by atoms with Crippen molar-refractivity contribution in [2.24, 2.45) is 0 Å². The highest BCUT2D eigenvalue weighted by Crippen LogP contribution is 2.40. The molecule has 1 nitrogen and oxygen atoms in total. The van der Waals surface area contributed by atoms with Crippen LogP contribution in [0.4, 0.5) is 0 Å². The van der Waals surface area contributed by atoms with Crippen molar-refractivity contribution in [1.29, 1.82) is 0 Å². The fraction of sp³-hybridized carbons (Fsp3) is 0.684. The van der Waals surface area contributed by atoms with Crippen LogP contribution < -0.4 is 0 Å². The Morgan fingerprint density at radius 1 is 0.700 bits per heavy atom. The zero-order valence-corrected chi connectivity index (χ0v) is 15.0. The highest BCUT2D eigenvalue weighted by atomic mass is 16.3. The fourth-order valence-corrected chi connectivity index (χ4v) is 3.45. The minimum absolute atomic E-state index is 0.0788. The van der Waals surface area contributed by atoms with Gasteiger partial charge in [-0.1, -0.05) is 47.6 Å². The van der Waals surface area contributed by atoms with E-state index < -0.39 is 5.60 Å². The lowest BCUT2D eigenvalue weighted by Gasteiger charge is -2.34. The molecule has 0 atom stereocenters. The number of benzene rings is 1. The van der Waals surface area contributed by atoms with Gasteiger partial charge in [-0.15, -0.1) is 0 Å². The molecular weight excluding hydrogens is 244 g/mol. The Labute approximate surface area is 125 Å². The summed E-state index contributed by atoms with van der Waals surface area (Å²) in [5.74, 6) is 0. The summed E-state index contributed by atoms with van der Waals surface area (Å²) in [6.45, 7) is 21.6. The fourth-order valence-electron chi connectivity index (χ4n) is 3.45. The van der Waals surface area contributed by atoms with Gasteiger partial charge in [0.15, 0.2) is 0 Å². The van der Waals surface area contributed by atoms with E-state index in [0.717, 1.165) is 5.56 Å². The molecule has 1 rings (SSSR count). The van der Waals surface area contributed by atoms with Crippen LogP contribution >= 0.6 is 0 Å². The van der Waals surface area contributed by atoms with Crippen molar-refractivity contribution in [3.8, 4) is 0 Å². The molecule has 0 aliphatic rings. The normalized spacial score (nSPS) is 13.8. The SMILES string of the molecule is Cc1c(C(C)(C)C)cc(C(C)(C)O)c(C)c1C(C)(C)C. The summed E-state index contributed by atoms with van der Waals surface area (Å²) < 4.78 is 0. The van der Waals surface area contributed by atoms with Gasteiger partial charge in [0.05, 0.1) is 5.60 Å². The summed E-state index contributed by atoms with van der Waals surface area (Å²) in [7, 11) is 0. The third-order valence-corrected chi connectivity index (χ3v) is 4.06. The average molecular weight is 276 g/mol. The lowest BCUT2D eigenvalue weighted by Crippen LogP contribution is -2.26. The van der Waals surface area contributed by atoms with E-state index in [0.29, 0.717) is 0 Å². The first-order chi connectivity index (χ1) is 8.67. The van der Waals surface area contributed by atoms with Gasteiger partial charge in [0, 0.05) is 0 Å². The van der Waals surface area contributed by atoms with E-state index in [-0.39, 0.29) is 10.8 Å². The first-order valence-electron chi connectivity index (χ1n) is 7.55. The van der Waals surface area contributed by atoms with E-state index >= 15 is 0 Å². The maximum Gasteiger partial charge on any atom is 0.0843 e. The standard InChI is InChI=1S/C19H32O/c1-12-14(17(3,4)5)11-15(19(9,10)20)13(2)16(12)18(6,7)8/h11,20H,1-10H3. The van der Waals surface area contributed by atoms with Crippen LogP contribution in [0.2, 0.25) is 0 Å². The van der Waals surface area contributed by atoms with E-state index in [4.69, 9.17) is 0 Å². The van der Waals surface area contributed by atoms with Crippen LogP contribution in [-0.4, -0.2) is 5.11 Å². The van der Waals surface area contributed by atoms with Gasteiger partial charge >= 0.3 is 0 Å². The van der Waals surface area contributed by atoms with Crippen molar-refractivity contribution < 1.29 is 5.11 Å². The Morgan fingerprint density at radius 3 is 1.40 bits per heavy atom. The number of hydrogen-bond acceptors (Lipinski definition) is 1. The first-order valence-corrected chi connectivity index (χ1v) is 7.55. The van der Waals surface area contributed by atoms with Crippen LogP contribution in [0.1, 0.15) is 83.2 Å². The van der Waals surface area contributed by atoms with Gasteiger partial charge in [-0.2, -0.15) is 0 Å². The van der Waals surface area contributed by atoms with Gasteiger partial charge in [0.25, 0.3) is 0 Å². The molecule has 0 radical (unpaired) electrons. The Morgan fingerprint density at radius 2 is 1.10 bits per heavy atom. The van der Waals surface area contributed by atoms with E-state index in [1.54, 1.807) is 0 Å². The van der Waals surface area contributed by atoms with Crippen molar-refractivity contribution in [2.75, 3.05) is 0 Å². The molecule has 0 amide bonds. The van der Waals surface area contributed by atoms with E-state index in [2.05, 4.69) is 61.5 Å². The minimum atomic E-state index is -0.808. The molecule has 0 aliphatic carbocycles. The maximum absolute atomic E-state index is 10.5. The molecule has 1 heteroatoms. The van der Waals surface area contributed by atoms with Crippen molar-refractivity contribution >= 4 is 0 Å². The summed E-state index contributed by atoms with van der Waals surface area (Å²) >= 11 is 0. The zero-order valence-electron chi connectivity index (χ0n) is 15.0. The Kier molecular flexibility index (Phi) is 4.20. The Bertz CT molecular complexity index is 464. The van der Waals surface area contributed by atoms with Crippen LogP contribution in [-0.2, 0) is 16.4 Å². The topological polar surface area (TPSA) is 20.2 Å². The molecule has 114 valence electrons. The highest BCUT2D eigenvalue weighted by molar-refractivity contribution is 5.51. The van der Waals surface area contributed by atoms with Gasteiger partial charge < -0.3 is 5.11 Å². The lowest BCUT2D eigenvalue weighted by atomic mass is 9.72. The zero-order chi connectivity index (χ0) is 16.1. The van der Waals surface area contributed by atoms with Crippen LogP contribution in [0.25, 0.3) is 0 Å². The molecule has 0 saturated carbocycles. The van der Waals surface area contributed by atoms with Crippen LogP contribution in [0, 0.1) is 13.8 Å². The molecule has 0 saturated heterocycles. The van der Waals surface area contributed by atoms with Crippen molar-refractivity contribution in [3.63, 3.8) is 0 Å². The first kappa shape index (κ1) is 17.2. The van der Waals surface area contributed by atoms with E-state index in [9.17, 15) is 5.11 Å². The van der Waals surface area contributed by atoms with Gasteiger partial charge in [-0.25, -0.2) is 0 Å². The largest absolute Gasteiger partial charge is 0.386 e. The van der Waals surface area contributed by atoms with E-state index in [1.807, 2.05) is 13.8 Å². The molecule has 1 aromatic rings. The van der Waals surface area contributed by atoms with E-state index in [1.165, 1.54) is 22.3 Å². The molecule has 1 N–H and O–H groups in total. The summed E-state index contributed by atoms with van der Waals surface area (Å²) in [6.07, 6.45) is 0. The van der Waals surface area contributed by atoms with Gasteiger partial charge in [0.2, 0.25) is 0 Å². The minimum Gasteiger partial charge on any atom is -0.386 e. The molecule has 0 fully saturated rings. The van der Waals surface area contributed by atoms with Crippen molar-refractivity contribution in [1.82, 2.24) is 0 Å². The molecular formula is C19H32O. The third kappa shape index (κ3) is 3.25. The lowest BCUT2D eigenvalue weighted by molar-refractivity contribution is 0.0775. The second-order valence-electron chi connectivity index (χ2n) is 8.66. The quantitative estimate of drug-likeness (QED) is 0.754. The molecule has 0 heterocycles. The summed E-state index contributed by atoms with van der Waals surface area (Å²) in [5, 5.41) is 10.5. The number of hydrogen-bond donors (Lipinski definition) is 1. The van der Waals surface area contributed by atoms with Gasteiger partial charge in [0.1, 0.15) is 0 Å². The van der Waals surface area contributed by atoms with Crippen molar-refractivity contribution in [2.45, 2.75) is 85.7 Å². The summed E-state index contributed by atoms with van der Waals surface area (Å²) in [6, 6.07) is 2.21. The van der Waals surface area contributed by atoms with Gasteiger partial charge in [-0.05, 0) is 66.3 Å². The third-order valence-electron chi connectivity index (χ3n) is 4.06. The molecule has 1 aromatic carbocycles. The van der Waals surface area contributed by atoms with Crippen LogP contribution in [0.3, 0.4) is 0 Å². The molecule has 0 aliphatic heterocycles. The summed E-state index contributed by atoms with van der Waals surface area (Å²) in [5.41, 5.74) is 5.72. The predicted molar refractivity (Wildman–Crippen MR) is 88.6 cm³/mol. The predicted octanol–water partition coefficient (Wildman–Crippen LogP) is 5.13. The van der Waals surface area contributed by atoms with Crippen molar-refractivity contribution in [3.05, 3.63) is 33.9 Å². The molecule has 0 unspecified atom stereocenters. The summed E-state index contributed by atoms with van der Waals surface area (Å²) in [4.78, 5) is 0. The van der Waals surface area contributed by atoms with Crippen LogP contribution in [0.5, 0.6) is 0 Å². The van der Waals surface area contributed by atoms with Gasteiger partial charge in [-0.3, -0.25) is 0 Å². The monoisotopic (exact) mass is 276 g/mol. The molecule has 0 aromatic heterocycles. The number of rotatable bonds is 1. The average Bonchev–Trinajstić information content (AvgIpc) is 2.10. The second-order valence-corrected chi connectivity index (χ2v) is 8.66. The highest BCUT2D eigenvalue weighted by Gasteiger charge is 2.30. The number of aliphatic hydroxyl groups is 1. The molecule has 20 heavy (non-hydrogen) atoms. The Balaban J connectivity index is 3.86. The van der Waals surface area contributed by atoms with Crippen LogP contribution in [0.15, 0.2) is 6.07 Å². The molecule has 0 spiro atoms. The second kappa shape index (κ2) is 4.87. The Hall–Kier alpha value is -0.820. The smallest absolute Gasteiger partial charge is 0.0843 e.